The minimum Gasteiger partial charge on any atom is -0.478 e. The molecule has 0 fully saturated rings. The normalized spacial score (nSPS) is 10.5. The van der Waals surface area contributed by atoms with E-state index in [2.05, 4.69) is 10.2 Å². The van der Waals surface area contributed by atoms with Gasteiger partial charge >= 0.3 is 5.97 Å². The van der Waals surface area contributed by atoms with E-state index >= 15 is 0 Å². The van der Waals surface area contributed by atoms with Crippen molar-refractivity contribution in [2.45, 2.75) is 0 Å². The summed E-state index contributed by atoms with van der Waals surface area (Å²) < 4.78 is 0. The topological polar surface area (TPSA) is 85.9 Å². The van der Waals surface area contributed by atoms with Crippen LogP contribution < -0.4 is 5.56 Å². The highest BCUT2D eigenvalue weighted by molar-refractivity contribution is 5.84. The van der Waals surface area contributed by atoms with E-state index in [0.29, 0.717) is 5.69 Å². The number of H-pyrrole nitrogens is 2. The molecule has 0 aliphatic carbocycles. The molecular formula is C6H6N2O3. The molecule has 0 saturated heterocycles. The monoisotopic (exact) mass is 154 g/mol. The van der Waals surface area contributed by atoms with Crippen molar-refractivity contribution < 1.29 is 9.90 Å². The lowest BCUT2D eigenvalue weighted by atomic mass is 10.4. The first-order valence-corrected chi connectivity index (χ1v) is 2.87. The first-order valence-electron chi connectivity index (χ1n) is 2.87. The van der Waals surface area contributed by atoms with Crippen molar-refractivity contribution in [3.05, 3.63) is 28.2 Å². The fourth-order valence-corrected chi connectivity index (χ4v) is 0.598. The second-order valence-corrected chi connectivity index (χ2v) is 1.89. The maximum absolute atomic E-state index is 10.5. The second kappa shape index (κ2) is 2.87. The number of hydrogen-bond donors (Lipinski definition) is 3. The van der Waals surface area contributed by atoms with Crippen molar-refractivity contribution in [2.75, 3.05) is 0 Å². The third kappa shape index (κ3) is 2.13. The molecule has 5 nitrogen and oxygen atoms in total. The number of carboxylic acid groups (broad SMARTS) is 1. The van der Waals surface area contributed by atoms with Crippen LogP contribution in [0, 0.1) is 0 Å². The molecule has 58 valence electrons. The lowest BCUT2D eigenvalue weighted by molar-refractivity contribution is -0.131. The minimum absolute atomic E-state index is 0.282. The molecule has 0 atom stereocenters. The summed E-state index contributed by atoms with van der Waals surface area (Å²) in [6.45, 7) is 0. The van der Waals surface area contributed by atoms with Crippen molar-refractivity contribution in [2.24, 2.45) is 0 Å². The van der Waals surface area contributed by atoms with Crippen molar-refractivity contribution in [1.29, 1.82) is 0 Å². The lowest BCUT2D eigenvalue weighted by Gasteiger charge is -1.79. The van der Waals surface area contributed by atoms with Gasteiger partial charge in [-0.3, -0.25) is 15.0 Å². The summed E-state index contributed by atoms with van der Waals surface area (Å²) in [6.07, 6.45) is 2.24. The number of aromatic amines is 2. The number of aromatic nitrogens is 2. The van der Waals surface area contributed by atoms with E-state index in [4.69, 9.17) is 5.11 Å². The predicted molar refractivity (Wildman–Crippen MR) is 38.1 cm³/mol. The second-order valence-electron chi connectivity index (χ2n) is 1.89. The van der Waals surface area contributed by atoms with Gasteiger partial charge in [0.2, 0.25) is 0 Å². The maximum atomic E-state index is 10.5. The summed E-state index contributed by atoms with van der Waals surface area (Å²) in [5, 5.41) is 12.9. The quantitative estimate of drug-likeness (QED) is 0.515. The zero-order chi connectivity index (χ0) is 8.27. The van der Waals surface area contributed by atoms with Gasteiger partial charge in [0.25, 0.3) is 5.56 Å². The van der Waals surface area contributed by atoms with E-state index in [1.165, 1.54) is 12.1 Å². The molecule has 0 aromatic carbocycles. The van der Waals surface area contributed by atoms with Gasteiger partial charge in [0, 0.05) is 12.1 Å². The third-order valence-corrected chi connectivity index (χ3v) is 1.02. The summed E-state index contributed by atoms with van der Waals surface area (Å²) in [5.41, 5.74) is 0.160. The lowest BCUT2D eigenvalue weighted by Crippen LogP contribution is -1.93. The third-order valence-electron chi connectivity index (χ3n) is 1.02. The van der Waals surface area contributed by atoms with E-state index in [0.717, 1.165) is 6.08 Å². The Bertz CT molecular complexity index is 334. The molecular weight excluding hydrogens is 148 g/mol. The van der Waals surface area contributed by atoms with Crippen LogP contribution in [-0.2, 0) is 4.79 Å². The first kappa shape index (κ1) is 7.33. The smallest absolute Gasteiger partial charge is 0.328 e. The van der Waals surface area contributed by atoms with Gasteiger partial charge in [-0.25, -0.2) is 4.79 Å². The molecule has 1 heterocycles. The highest BCUT2D eigenvalue weighted by Gasteiger charge is 1.90. The van der Waals surface area contributed by atoms with Gasteiger partial charge in [0.05, 0.1) is 5.69 Å². The van der Waals surface area contributed by atoms with E-state index < -0.39 is 5.97 Å². The van der Waals surface area contributed by atoms with Crippen molar-refractivity contribution in [1.82, 2.24) is 10.2 Å². The molecule has 11 heavy (non-hydrogen) atoms. The Balaban J connectivity index is 2.79. The molecule has 0 spiro atoms. The van der Waals surface area contributed by atoms with E-state index in [-0.39, 0.29) is 5.56 Å². The zero-order valence-corrected chi connectivity index (χ0v) is 5.50. The summed E-state index contributed by atoms with van der Waals surface area (Å²) in [6, 6.07) is 1.26. The molecule has 0 saturated carbocycles. The SMILES string of the molecule is O=C(O)C=Cc1cc(=O)[nH][nH]1. The molecule has 0 bridgehead atoms. The van der Waals surface area contributed by atoms with Crippen LogP contribution in [0.2, 0.25) is 0 Å². The number of nitrogens with one attached hydrogen (secondary N) is 2. The molecule has 1 aromatic heterocycles. The maximum Gasteiger partial charge on any atom is 0.328 e. The summed E-state index contributed by atoms with van der Waals surface area (Å²) in [7, 11) is 0. The average Bonchev–Trinajstić information content (AvgIpc) is 2.31. The van der Waals surface area contributed by atoms with Gasteiger partial charge in [-0.1, -0.05) is 0 Å². The van der Waals surface area contributed by atoms with E-state index in [1.807, 2.05) is 0 Å². The molecule has 0 radical (unpaired) electrons. The van der Waals surface area contributed by atoms with Crippen LogP contribution in [0.1, 0.15) is 5.69 Å². The fraction of sp³-hybridized carbons (Fsp3) is 0. The highest BCUT2D eigenvalue weighted by atomic mass is 16.4. The van der Waals surface area contributed by atoms with Crippen LogP contribution >= 0.6 is 0 Å². The van der Waals surface area contributed by atoms with Gasteiger partial charge in [-0.05, 0) is 6.08 Å². The van der Waals surface area contributed by atoms with E-state index in [9.17, 15) is 9.59 Å². The Morgan fingerprint density at radius 1 is 1.55 bits per heavy atom. The molecule has 3 N–H and O–H groups in total. The molecule has 0 amide bonds. The number of aliphatic carboxylic acids is 1. The number of carbonyl (C=O) groups is 1. The van der Waals surface area contributed by atoms with Gasteiger partial charge in [0.15, 0.2) is 0 Å². The van der Waals surface area contributed by atoms with Gasteiger partial charge in [-0.2, -0.15) is 0 Å². The first-order chi connectivity index (χ1) is 5.18. The van der Waals surface area contributed by atoms with Crippen molar-refractivity contribution >= 4 is 12.0 Å². The molecule has 0 aliphatic rings. The summed E-state index contributed by atoms with van der Waals surface area (Å²) in [4.78, 5) is 20.5. The van der Waals surface area contributed by atoms with Crippen LogP contribution in [-0.4, -0.2) is 21.3 Å². The Morgan fingerprint density at radius 3 is 2.73 bits per heavy atom. The van der Waals surface area contributed by atoms with Crippen LogP contribution in [0.3, 0.4) is 0 Å². The van der Waals surface area contributed by atoms with Crippen LogP contribution in [0.25, 0.3) is 6.08 Å². The van der Waals surface area contributed by atoms with Crippen molar-refractivity contribution in [3.8, 4) is 0 Å². The Morgan fingerprint density at radius 2 is 2.27 bits per heavy atom. The Kier molecular flexibility index (Phi) is 1.91. The number of carboxylic acids is 1. The molecule has 0 aliphatic heterocycles. The molecule has 1 aromatic rings. The summed E-state index contributed by atoms with van der Waals surface area (Å²) in [5.74, 6) is -1.05. The number of rotatable bonds is 2. The largest absolute Gasteiger partial charge is 0.478 e. The Labute approximate surface area is 61.4 Å². The fourth-order valence-electron chi connectivity index (χ4n) is 0.598. The number of hydrogen-bond acceptors (Lipinski definition) is 2. The predicted octanol–water partition coefficient (Wildman–Crippen LogP) is -0.199. The van der Waals surface area contributed by atoms with Crippen LogP contribution in [0.15, 0.2) is 16.9 Å². The van der Waals surface area contributed by atoms with Gasteiger partial charge < -0.3 is 5.11 Å². The molecule has 0 unspecified atom stereocenters. The standard InChI is InChI=1S/C6H6N2O3/c9-5-3-4(7-8-5)1-2-6(10)11/h1-3H,(H,10,11)(H2,7,8,9). The van der Waals surface area contributed by atoms with Crippen LogP contribution in [0.5, 0.6) is 0 Å². The van der Waals surface area contributed by atoms with Crippen molar-refractivity contribution in [3.63, 3.8) is 0 Å². The Hall–Kier alpha value is -1.78. The van der Waals surface area contributed by atoms with Gasteiger partial charge in [-0.15, -0.1) is 0 Å². The molecule has 5 heteroatoms. The molecule has 1 rings (SSSR count). The highest BCUT2D eigenvalue weighted by Crippen LogP contribution is 1.90. The average molecular weight is 154 g/mol. The van der Waals surface area contributed by atoms with E-state index in [1.54, 1.807) is 0 Å². The van der Waals surface area contributed by atoms with Gasteiger partial charge in [0.1, 0.15) is 0 Å². The zero-order valence-electron chi connectivity index (χ0n) is 5.50. The minimum atomic E-state index is -1.05. The van der Waals surface area contributed by atoms with Crippen LogP contribution in [0.4, 0.5) is 0 Å². The summed E-state index contributed by atoms with van der Waals surface area (Å²) >= 11 is 0.